The molecule has 1 atom stereocenters. The maximum absolute atomic E-state index is 6.08. The lowest BCUT2D eigenvalue weighted by Crippen LogP contribution is -2.46. The van der Waals surface area contributed by atoms with Gasteiger partial charge in [-0.3, -0.25) is 9.80 Å². The van der Waals surface area contributed by atoms with E-state index in [0.29, 0.717) is 6.10 Å². The summed E-state index contributed by atoms with van der Waals surface area (Å²) in [6, 6.07) is 9.68. The van der Waals surface area contributed by atoms with Gasteiger partial charge in [0.1, 0.15) is 5.75 Å². The molecule has 0 spiro atoms. The van der Waals surface area contributed by atoms with Gasteiger partial charge in [0.25, 0.3) is 0 Å². The van der Waals surface area contributed by atoms with Crippen LogP contribution in [0, 0.1) is 0 Å². The smallest absolute Gasteiger partial charge is 0.119 e. The van der Waals surface area contributed by atoms with Crippen LogP contribution in [0.25, 0.3) is 0 Å². The molecule has 3 nitrogen and oxygen atoms in total. The second kappa shape index (κ2) is 7.88. The molecule has 1 aromatic rings. The third-order valence-corrected chi connectivity index (χ3v) is 6.07. The van der Waals surface area contributed by atoms with E-state index in [9.17, 15) is 0 Å². The summed E-state index contributed by atoms with van der Waals surface area (Å²) in [5, 5.41) is 0. The molecular formula is C21H32N2O. The fourth-order valence-electron chi connectivity index (χ4n) is 4.71. The fraction of sp³-hybridized carbons (Fsp3) is 0.714. The van der Waals surface area contributed by atoms with Gasteiger partial charge < -0.3 is 4.74 Å². The van der Waals surface area contributed by atoms with Crippen molar-refractivity contribution in [3.05, 3.63) is 29.8 Å². The second-order valence-corrected chi connectivity index (χ2v) is 7.94. The fourth-order valence-corrected chi connectivity index (χ4v) is 4.71. The van der Waals surface area contributed by atoms with E-state index in [2.05, 4.69) is 34.1 Å². The van der Waals surface area contributed by atoms with Crippen molar-refractivity contribution >= 4 is 0 Å². The standard InChI is InChI=1S/C21H32N2O/c1-2-8-20(7-1)24-21-11-9-18(10-12-21)16-22-13-5-6-19(17-22)23-14-3-4-15-23/h9-12,19-20H,1-8,13-17H2/t19-/m1/s1. The predicted molar refractivity (Wildman–Crippen MR) is 98.4 cm³/mol. The van der Waals surface area contributed by atoms with Crippen LogP contribution >= 0.6 is 0 Å². The Morgan fingerprint density at radius 1 is 0.833 bits per heavy atom. The molecule has 3 heteroatoms. The Bertz CT molecular complexity index is 503. The van der Waals surface area contributed by atoms with Gasteiger partial charge in [-0.2, -0.15) is 0 Å². The van der Waals surface area contributed by atoms with E-state index in [1.807, 2.05) is 0 Å². The lowest BCUT2D eigenvalue weighted by atomic mass is 10.0. The molecule has 3 fully saturated rings. The Kier molecular flexibility index (Phi) is 5.39. The van der Waals surface area contributed by atoms with Gasteiger partial charge >= 0.3 is 0 Å². The van der Waals surface area contributed by atoms with Crippen molar-refractivity contribution in [2.24, 2.45) is 0 Å². The first kappa shape index (κ1) is 16.4. The lowest BCUT2D eigenvalue weighted by Gasteiger charge is -2.37. The number of nitrogens with zero attached hydrogens (tertiary/aromatic N) is 2. The number of ether oxygens (including phenoxy) is 1. The minimum atomic E-state index is 0.458. The highest BCUT2D eigenvalue weighted by molar-refractivity contribution is 5.27. The molecule has 0 radical (unpaired) electrons. The van der Waals surface area contributed by atoms with Gasteiger partial charge in [-0.05, 0) is 88.7 Å². The Morgan fingerprint density at radius 3 is 2.33 bits per heavy atom. The first-order valence-electron chi connectivity index (χ1n) is 10.1. The highest BCUT2D eigenvalue weighted by atomic mass is 16.5. The largest absolute Gasteiger partial charge is 0.490 e. The van der Waals surface area contributed by atoms with Crippen LogP contribution in [0.15, 0.2) is 24.3 Å². The molecule has 1 saturated carbocycles. The monoisotopic (exact) mass is 328 g/mol. The Labute approximate surface area is 147 Å². The maximum Gasteiger partial charge on any atom is 0.119 e. The number of benzene rings is 1. The number of likely N-dealkylation sites (tertiary alicyclic amines) is 2. The van der Waals surface area contributed by atoms with Crippen LogP contribution in [-0.4, -0.2) is 48.1 Å². The first-order valence-corrected chi connectivity index (χ1v) is 10.1. The summed E-state index contributed by atoms with van der Waals surface area (Å²) < 4.78 is 6.08. The van der Waals surface area contributed by atoms with Gasteiger partial charge in [0.15, 0.2) is 0 Å². The van der Waals surface area contributed by atoms with Crippen LogP contribution < -0.4 is 4.74 Å². The molecular weight excluding hydrogens is 296 g/mol. The van der Waals surface area contributed by atoms with Crippen molar-refractivity contribution in [1.29, 1.82) is 0 Å². The Morgan fingerprint density at radius 2 is 1.58 bits per heavy atom. The minimum absolute atomic E-state index is 0.458. The van der Waals surface area contributed by atoms with Crippen LogP contribution in [0.4, 0.5) is 0 Å². The normalized spacial score (nSPS) is 26.9. The van der Waals surface area contributed by atoms with E-state index in [0.717, 1.165) is 18.3 Å². The molecule has 0 aromatic heterocycles. The third-order valence-electron chi connectivity index (χ3n) is 6.07. The zero-order valence-electron chi connectivity index (χ0n) is 15.0. The van der Waals surface area contributed by atoms with E-state index < -0.39 is 0 Å². The van der Waals surface area contributed by atoms with E-state index in [-0.39, 0.29) is 0 Å². The molecule has 24 heavy (non-hydrogen) atoms. The van der Waals surface area contributed by atoms with Crippen molar-refractivity contribution in [3.8, 4) is 5.75 Å². The predicted octanol–water partition coefficient (Wildman–Crippen LogP) is 4.07. The average Bonchev–Trinajstić information content (AvgIpc) is 3.30. The number of hydrogen-bond acceptors (Lipinski definition) is 3. The number of hydrogen-bond donors (Lipinski definition) is 0. The minimum Gasteiger partial charge on any atom is -0.490 e. The quantitative estimate of drug-likeness (QED) is 0.810. The van der Waals surface area contributed by atoms with Crippen molar-refractivity contribution in [1.82, 2.24) is 9.80 Å². The zero-order chi connectivity index (χ0) is 16.2. The molecule has 0 bridgehead atoms. The first-order chi connectivity index (χ1) is 11.9. The van der Waals surface area contributed by atoms with Crippen LogP contribution in [-0.2, 0) is 6.54 Å². The molecule has 132 valence electrons. The summed E-state index contributed by atoms with van der Waals surface area (Å²) in [5.41, 5.74) is 1.43. The third kappa shape index (κ3) is 4.12. The van der Waals surface area contributed by atoms with E-state index in [4.69, 9.17) is 4.74 Å². The molecule has 0 unspecified atom stereocenters. The van der Waals surface area contributed by atoms with Gasteiger partial charge in [-0.15, -0.1) is 0 Å². The lowest BCUT2D eigenvalue weighted by molar-refractivity contribution is 0.110. The molecule has 1 aliphatic carbocycles. The molecule has 0 N–H and O–H groups in total. The van der Waals surface area contributed by atoms with Crippen LogP contribution in [0.3, 0.4) is 0 Å². The summed E-state index contributed by atoms with van der Waals surface area (Å²) in [7, 11) is 0. The Hall–Kier alpha value is -1.06. The summed E-state index contributed by atoms with van der Waals surface area (Å²) >= 11 is 0. The van der Waals surface area contributed by atoms with Gasteiger partial charge in [-0.1, -0.05) is 12.1 Å². The van der Waals surface area contributed by atoms with Gasteiger partial charge in [0.2, 0.25) is 0 Å². The summed E-state index contributed by atoms with van der Waals surface area (Å²) in [6.07, 6.45) is 11.1. The van der Waals surface area contributed by atoms with E-state index in [1.54, 1.807) is 0 Å². The molecule has 2 saturated heterocycles. The van der Waals surface area contributed by atoms with Crippen molar-refractivity contribution in [3.63, 3.8) is 0 Å². The van der Waals surface area contributed by atoms with E-state index in [1.165, 1.54) is 83.1 Å². The second-order valence-electron chi connectivity index (χ2n) is 7.94. The highest BCUT2D eigenvalue weighted by Gasteiger charge is 2.27. The van der Waals surface area contributed by atoms with Gasteiger partial charge in [-0.25, -0.2) is 0 Å². The average molecular weight is 329 g/mol. The topological polar surface area (TPSA) is 15.7 Å². The van der Waals surface area contributed by atoms with Crippen molar-refractivity contribution < 1.29 is 4.74 Å². The summed E-state index contributed by atoms with van der Waals surface area (Å²) in [5.74, 6) is 1.05. The molecule has 4 rings (SSSR count). The van der Waals surface area contributed by atoms with E-state index >= 15 is 0 Å². The van der Waals surface area contributed by atoms with Crippen LogP contribution in [0.2, 0.25) is 0 Å². The Balaban J connectivity index is 1.29. The molecule has 0 amide bonds. The highest BCUT2D eigenvalue weighted by Crippen LogP contribution is 2.25. The van der Waals surface area contributed by atoms with Crippen LogP contribution in [0.5, 0.6) is 5.75 Å². The van der Waals surface area contributed by atoms with Crippen LogP contribution in [0.1, 0.15) is 56.9 Å². The van der Waals surface area contributed by atoms with Crippen molar-refractivity contribution in [2.75, 3.05) is 26.2 Å². The molecule has 1 aromatic carbocycles. The number of piperidine rings is 1. The number of rotatable bonds is 5. The zero-order valence-corrected chi connectivity index (χ0v) is 15.0. The molecule has 3 aliphatic rings. The molecule has 2 aliphatic heterocycles. The van der Waals surface area contributed by atoms with Crippen molar-refractivity contribution in [2.45, 2.75) is 70.1 Å². The molecule has 2 heterocycles. The summed E-state index contributed by atoms with van der Waals surface area (Å²) in [6.45, 7) is 6.25. The van der Waals surface area contributed by atoms with Gasteiger partial charge in [0.05, 0.1) is 6.10 Å². The maximum atomic E-state index is 6.08. The van der Waals surface area contributed by atoms with Gasteiger partial charge in [0, 0.05) is 19.1 Å². The SMILES string of the molecule is c1cc(OC2CCCC2)ccc1CN1CCC[C@@H](N2CCCC2)C1. The summed E-state index contributed by atoms with van der Waals surface area (Å²) in [4.78, 5) is 5.38.